The first-order valence-corrected chi connectivity index (χ1v) is 8.92. The topological polar surface area (TPSA) is 67.9 Å². The van der Waals surface area contributed by atoms with Crippen molar-refractivity contribution in [1.29, 1.82) is 0 Å². The smallest absolute Gasteiger partial charge is 0.209 e. The predicted molar refractivity (Wildman–Crippen MR) is 99.1 cm³/mol. The van der Waals surface area contributed by atoms with Crippen molar-refractivity contribution in [3.63, 3.8) is 0 Å². The van der Waals surface area contributed by atoms with Gasteiger partial charge in [-0.25, -0.2) is 4.98 Å². The zero-order valence-corrected chi connectivity index (χ0v) is 14.9. The summed E-state index contributed by atoms with van der Waals surface area (Å²) in [5, 5.41) is 7.52. The number of thioether (sulfide) groups is 1. The number of benzene rings is 2. The number of aromatic amines is 1. The molecule has 0 aliphatic carbocycles. The summed E-state index contributed by atoms with van der Waals surface area (Å²) >= 11 is 1.38. The molecule has 0 fully saturated rings. The summed E-state index contributed by atoms with van der Waals surface area (Å²) in [7, 11) is 1.61. The third kappa shape index (κ3) is 4.09. The Bertz CT molecular complexity index is 831. The van der Waals surface area contributed by atoms with Crippen molar-refractivity contribution in [2.24, 2.45) is 0 Å². The highest BCUT2D eigenvalue weighted by Gasteiger charge is 2.22. The molecule has 0 aliphatic rings. The van der Waals surface area contributed by atoms with E-state index in [-0.39, 0.29) is 11.0 Å². The lowest BCUT2D eigenvalue weighted by molar-refractivity contribution is 0.0988. The Balaban J connectivity index is 1.73. The molecule has 0 saturated carbocycles. The normalized spacial score (nSPS) is 11.9. The van der Waals surface area contributed by atoms with E-state index < -0.39 is 0 Å². The summed E-state index contributed by atoms with van der Waals surface area (Å²) in [5.74, 6) is 1.51. The second kappa shape index (κ2) is 7.98. The summed E-state index contributed by atoms with van der Waals surface area (Å²) in [5.41, 5.74) is 1.63. The fraction of sp³-hybridized carbons (Fsp3) is 0.211. The number of methoxy groups -OCH3 is 1. The zero-order chi connectivity index (χ0) is 17.6. The molecular formula is C19H19N3O2S. The Kier molecular flexibility index (Phi) is 5.50. The summed E-state index contributed by atoms with van der Waals surface area (Å²) < 4.78 is 5.14. The fourth-order valence-electron chi connectivity index (χ4n) is 2.41. The molecule has 0 spiro atoms. The van der Waals surface area contributed by atoms with E-state index in [2.05, 4.69) is 15.2 Å². The molecule has 128 valence electrons. The van der Waals surface area contributed by atoms with E-state index in [0.717, 1.165) is 11.3 Å². The van der Waals surface area contributed by atoms with Crippen LogP contribution in [-0.4, -0.2) is 33.3 Å². The van der Waals surface area contributed by atoms with E-state index in [9.17, 15) is 4.79 Å². The minimum atomic E-state index is -0.229. The van der Waals surface area contributed by atoms with Crippen LogP contribution in [0.15, 0.2) is 59.8 Å². The average Bonchev–Trinajstić information content (AvgIpc) is 3.15. The second-order valence-corrected chi connectivity index (χ2v) is 6.61. The van der Waals surface area contributed by atoms with Crippen LogP contribution >= 0.6 is 11.8 Å². The van der Waals surface area contributed by atoms with Gasteiger partial charge in [0.25, 0.3) is 0 Å². The van der Waals surface area contributed by atoms with Gasteiger partial charge >= 0.3 is 0 Å². The molecule has 3 aromatic rings. The van der Waals surface area contributed by atoms with Gasteiger partial charge in [-0.2, -0.15) is 0 Å². The van der Waals surface area contributed by atoms with Crippen molar-refractivity contribution >= 4 is 17.5 Å². The Hall–Kier alpha value is -2.60. The molecular weight excluding hydrogens is 334 g/mol. The number of rotatable bonds is 7. The SMILES string of the molecule is CCC(Sc1n[nH]c(-c2ccccc2)n1)C(=O)c1ccc(OC)cc1. The van der Waals surface area contributed by atoms with Gasteiger partial charge in [0.2, 0.25) is 5.16 Å². The van der Waals surface area contributed by atoms with Crippen LogP contribution in [0.5, 0.6) is 5.75 Å². The second-order valence-electron chi connectivity index (χ2n) is 5.44. The number of aromatic nitrogens is 3. The van der Waals surface area contributed by atoms with Crippen LogP contribution in [0.4, 0.5) is 0 Å². The molecule has 0 aliphatic heterocycles. The van der Waals surface area contributed by atoms with E-state index >= 15 is 0 Å². The molecule has 1 atom stereocenters. The maximum atomic E-state index is 12.7. The summed E-state index contributed by atoms with van der Waals surface area (Å²) in [6.45, 7) is 1.99. The van der Waals surface area contributed by atoms with Crippen molar-refractivity contribution in [3.8, 4) is 17.1 Å². The van der Waals surface area contributed by atoms with Crippen LogP contribution in [0, 0.1) is 0 Å². The van der Waals surface area contributed by atoms with E-state index in [1.807, 2.05) is 37.3 Å². The summed E-state index contributed by atoms with van der Waals surface area (Å²) in [6, 6.07) is 17.0. The Morgan fingerprint density at radius 1 is 1.16 bits per heavy atom. The predicted octanol–water partition coefficient (Wildman–Crippen LogP) is 4.23. The largest absolute Gasteiger partial charge is 0.497 e. The number of hydrogen-bond acceptors (Lipinski definition) is 5. The van der Waals surface area contributed by atoms with Crippen molar-refractivity contribution in [3.05, 3.63) is 60.2 Å². The zero-order valence-electron chi connectivity index (χ0n) is 14.1. The van der Waals surface area contributed by atoms with Crippen LogP contribution in [0.25, 0.3) is 11.4 Å². The lowest BCUT2D eigenvalue weighted by Crippen LogP contribution is -2.16. The van der Waals surface area contributed by atoms with Crippen molar-refractivity contribution in [2.75, 3.05) is 7.11 Å². The number of ether oxygens (including phenoxy) is 1. The molecule has 1 heterocycles. The quantitative estimate of drug-likeness (QED) is 0.508. The third-order valence-electron chi connectivity index (χ3n) is 3.80. The van der Waals surface area contributed by atoms with E-state index in [0.29, 0.717) is 23.0 Å². The first-order chi connectivity index (χ1) is 12.2. The van der Waals surface area contributed by atoms with Gasteiger partial charge < -0.3 is 4.74 Å². The molecule has 2 aromatic carbocycles. The number of carbonyl (C=O) groups excluding carboxylic acids is 1. The highest BCUT2D eigenvalue weighted by molar-refractivity contribution is 8.00. The fourth-order valence-corrected chi connectivity index (χ4v) is 3.32. The van der Waals surface area contributed by atoms with Crippen LogP contribution in [0.2, 0.25) is 0 Å². The van der Waals surface area contributed by atoms with Gasteiger partial charge in [-0.05, 0) is 30.7 Å². The molecule has 0 saturated heterocycles. The van der Waals surface area contributed by atoms with Crippen molar-refractivity contribution in [1.82, 2.24) is 15.2 Å². The van der Waals surface area contributed by atoms with Crippen LogP contribution in [0.3, 0.4) is 0 Å². The number of nitrogens with one attached hydrogen (secondary N) is 1. The number of H-pyrrole nitrogens is 1. The molecule has 6 heteroatoms. The number of nitrogens with zero attached hydrogens (tertiary/aromatic N) is 2. The van der Waals surface area contributed by atoms with E-state index in [1.54, 1.807) is 31.4 Å². The Morgan fingerprint density at radius 2 is 1.88 bits per heavy atom. The number of carbonyl (C=O) groups is 1. The molecule has 0 amide bonds. The van der Waals surface area contributed by atoms with Crippen molar-refractivity contribution < 1.29 is 9.53 Å². The van der Waals surface area contributed by atoms with Gasteiger partial charge in [0.05, 0.1) is 12.4 Å². The third-order valence-corrected chi connectivity index (χ3v) is 5.02. The lowest BCUT2D eigenvalue weighted by Gasteiger charge is -2.11. The van der Waals surface area contributed by atoms with E-state index in [1.165, 1.54) is 11.8 Å². The summed E-state index contributed by atoms with van der Waals surface area (Å²) in [4.78, 5) is 17.2. The van der Waals surface area contributed by atoms with Gasteiger partial charge in [0, 0.05) is 11.1 Å². The molecule has 0 bridgehead atoms. The minimum absolute atomic E-state index is 0.0706. The molecule has 0 radical (unpaired) electrons. The molecule has 3 rings (SSSR count). The first kappa shape index (κ1) is 17.2. The summed E-state index contributed by atoms with van der Waals surface area (Å²) in [6.07, 6.45) is 0.699. The van der Waals surface area contributed by atoms with Gasteiger partial charge in [-0.3, -0.25) is 9.89 Å². The first-order valence-electron chi connectivity index (χ1n) is 8.04. The van der Waals surface area contributed by atoms with Crippen LogP contribution in [0.1, 0.15) is 23.7 Å². The van der Waals surface area contributed by atoms with Crippen LogP contribution in [-0.2, 0) is 0 Å². The Morgan fingerprint density at radius 3 is 2.52 bits per heavy atom. The lowest BCUT2D eigenvalue weighted by atomic mass is 10.1. The monoisotopic (exact) mass is 353 g/mol. The molecule has 1 N–H and O–H groups in total. The van der Waals surface area contributed by atoms with Gasteiger partial charge in [0.15, 0.2) is 11.6 Å². The van der Waals surface area contributed by atoms with Crippen LogP contribution < -0.4 is 4.74 Å². The number of hydrogen-bond donors (Lipinski definition) is 1. The van der Waals surface area contributed by atoms with E-state index in [4.69, 9.17) is 4.74 Å². The maximum absolute atomic E-state index is 12.7. The minimum Gasteiger partial charge on any atom is -0.497 e. The molecule has 25 heavy (non-hydrogen) atoms. The number of Topliss-reactive ketones (excluding diaryl/α,β-unsaturated/α-hetero) is 1. The van der Waals surface area contributed by atoms with Crippen molar-refractivity contribution in [2.45, 2.75) is 23.8 Å². The van der Waals surface area contributed by atoms with Gasteiger partial charge in [-0.15, -0.1) is 5.10 Å². The average molecular weight is 353 g/mol. The molecule has 5 nitrogen and oxygen atoms in total. The standard InChI is InChI=1S/C19H19N3O2S/c1-3-16(17(23)13-9-11-15(24-2)12-10-13)25-19-20-18(21-22-19)14-7-5-4-6-8-14/h4-12,16H,3H2,1-2H3,(H,20,21,22). The molecule has 1 unspecified atom stereocenters. The molecule has 1 aromatic heterocycles. The van der Waals surface area contributed by atoms with Gasteiger partial charge in [0.1, 0.15) is 5.75 Å². The Labute approximate surface area is 150 Å². The number of ketones is 1. The maximum Gasteiger partial charge on any atom is 0.209 e. The highest BCUT2D eigenvalue weighted by atomic mass is 32.2. The highest BCUT2D eigenvalue weighted by Crippen LogP contribution is 2.27. The van der Waals surface area contributed by atoms with Gasteiger partial charge in [-0.1, -0.05) is 49.0 Å².